The highest BCUT2D eigenvalue weighted by atomic mass is 35.5. The average molecular weight is 550 g/mol. The molecule has 1 aromatic carbocycles. The molecule has 9 nitrogen and oxygen atoms in total. The molecule has 1 atom stereocenters. The first-order valence-corrected chi connectivity index (χ1v) is 13.4. The summed E-state index contributed by atoms with van der Waals surface area (Å²) in [6.45, 7) is 3.50. The number of likely N-dealkylation sites (tertiary alicyclic amines) is 1. The molecule has 1 fully saturated rings. The summed E-state index contributed by atoms with van der Waals surface area (Å²) in [6.07, 6.45) is 3.87. The van der Waals surface area contributed by atoms with Gasteiger partial charge in [-0.25, -0.2) is 9.97 Å². The number of carbonyl (C=O) groups is 1. The number of aromatic nitrogens is 3. The van der Waals surface area contributed by atoms with Crippen LogP contribution < -0.4 is 10.5 Å². The maximum Gasteiger partial charge on any atom is 0.264 e. The molecular weight excluding hydrogens is 522 g/mol. The highest BCUT2D eigenvalue weighted by Crippen LogP contribution is 2.43. The van der Waals surface area contributed by atoms with Crippen LogP contribution in [0.2, 0.25) is 5.15 Å². The third-order valence-electron chi connectivity index (χ3n) is 6.70. The monoisotopic (exact) mass is 549 g/mol. The number of halogens is 1. The van der Waals surface area contributed by atoms with Crippen molar-refractivity contribution in [3.05, 3.63) is 52.6 Å². The number of amides is 1. The number of anilines is 1. The highest BCUT2D eigenvalue weighted by Gasteiger charge is 2.33. The number of likely N-dealkylation sites (N-methyl/N-ethyl adjacent to an activating group) is 1. The van der Waals surface area contributed by atoms with Gasteiger partial charge < -0.3 is 20.3 Å². The van der Waals surface area contributed by atoms with Crippen LogP contribution in [-0.4, -0.2) is 70.9 Å². The molecule has 1 unspecified atom stereocenters. The molecule has 1 aliphatic rings. The van der Waals surface area contributed by atoms with E-state index in [1.807, 2.05) is 36.4 Å². The fraction of sp³-hybridized carbons (Fsp3) is 0.333. The van der Waals surface area contributed by atoms with Gasteiger partial charge in [0.15, 0.2) is 0 Å². The third-order valence-corrected chi connectivity index (χ3v) is 8.14. The normalized spacial score (nSPS) is 16.1. The zero-order valence-corrected chi connectivity index (χ0v) is 23.2. The lowest BCUT2D eigenvalue weighted by molar-refractivity contribution is -0.125. The van der Waals surface area contributed by atoms with Crippen molar-refractivity contribution in [2.75, 3.05) is 46.6 Å². The molecule has 0 saturated carbocycles. The van der Waals surface area contributed by atoms with Crippen LogP contribution >= 0.6 is 22.9 Å². The Hall–Kier alpha value is -3.65. The van der Waals surface area contributed by atoms with Crippen LogP contribution in [-0.2, 0) is 4.79 Å². The summed E-state index contributed by atoms with van der Waals surface area (Å²) >= 11 is 8.23. The van der Waals surface area contributed by atoms with E-state index in [9.17, 15) is 10.1 Å². The molecule has 0 radical (unpaired) electrons. The number of carbonyl (C=O) groups excluding carboxylic acids is 1. The zero-order valence-electron chi connectivity index (χ0n) is 21.7. The molecule has 0 bridgehead atoms. The van der Waals surface area contributed by atoms with Gasteiger partial charge in [-0.15, -0.1) is 11.3 Å². The van der Waals surface area contributed by atoms with Crippen molar-refractivity contribution in [2.24, 2.45) is 0 Å². The number of nitrogen functional groups attached to an aromatic ring is 1. The number of rotatable bonds is 6. The first kappa shape index (κ1) is 26.0. The van der Waals surface area contributed by atoms with E-state index in [0.717, 1.165) is 32.1 Å². The van der Waals surface area contributed by atoms with E-state index in [0.29, 0.717) is 48.2 Å². The molecule has 196 valence electrons. The topological polar surface area (TPSA) is 113 Å². The second-order valence-corrected chi connectivity index (χ2v) is 11.1. The fourth-order valence-corrected chi connectivity index (χ4v) is 6.23. The maximum absolute atomic E-state index is 13.1. The van der Waals surface area contributed by atoms with Crippen LogP contribution in [0.25, 0.3) is 26.2 Å². The Morgan fingerprint density at radius 2 is 2.18 bits per heavy atom. The van der Waals surface area contributed by atoms with Gasteiger partial charge in [0.05, 0.1) is 22.9 Å². The number of nitrogens with two attached hydrogens (primary N) is 1. The van der Waals surface area contributed by atoms with Gasteiger partial charge in [0.1, 0.15) is 45.4 Å². The minimum absolute atomic E-state index is 0.0838. The van der Waals surface area contributed by atoms with Gasteiger partial charge >= 0.3 is 0 Å². The van der Waals surface area contributed by atoms with E-state index >= 15 is 0 Å². The molecule has 3 aromatic heterocycles. The predicted molar refractivity (Wildman–Crippen MR) is 151 cm³/mol. The molecule has 0 aliphatic carbocycles. The Balaban J connectivity index is 1.56. The molecule has 5 rings (SSSR count). The largest absolute Gasteiger partial charge is 0.495 e. The van der Waals surface area contributed by atoms with E-state index in [-0.39, 0.29) is 17.4 Å². The van der Waals surface area contributed by atoms with Gasteiger partial charge in [-0.05, 0) is 56.6 Å². The number of hydrogen-bond acceptors (Lipinski definition) is 8. The standard InChI is InChI=1S/C27H28ClN7O2S/c1-15-9-18-11-20(38-24(18)19(10-15)37-4)22-23-25(30)31-13-21(28)35(23)26(32-22)17-6-8-34(14-17)27(36)16(12-29)5-7-33(2)3/h5,9-11,13,17H,6-8,14H2,1-4H3,(H2,30,31). The van der Waals surface area contributed by atoms with Crippen molar-refractivity contribution in [3.63, 3.8) is 0 Å². The van der Waals surface area contributed by atoms with Gasteiger partial charge in [0, 0.05) is 25.6 Å². The van der Waals surface area contributed by atoms with E-state index in [2.05, 4.69) is 23.2 Å². The zero-order chi connectivity index (χ0) is 27.1. The van der Waals surface area contributed by atoms with Gasteiger partial charge in [-0.3, -0.25) is 9.20 Å². The molecule has 1 saturated heterocycles. The Morgan fingerprint density at radius 3 is 2.89 bits per heavy atom. The minimum Gasteiger partial charge on any atom is -0.495 e. The molecule has 4 aromatic rings. The number of fused-ring (bicyclic) bond motifs is 2. The summed E-state index contributed by atoms with van der Waals surface area (Å²) in [6, 6.07) is 8.26. The van der Waals surface area contributed by atoms with Crippen LogP contribution in [0.5, 0.6) is 5.75 Å². The van der Waals surface area contributed by atoms with Crippen molar-refractivity contribution < 1.29 is 9.53 Å². The van der Waals surface area contributed by atoms with Crippen molar-refractivity contribution >= 4 is 50.3 Å². The Kier molecular flexibility index (Phi) is 7.01. The van der Waals surface area contributed by atoms with E-state index in [4.69, 9.17) is 27.1 Å². The number of nitrogens with zero attached hydrogens (tertiary/aromatic N) is 6. The summed E-state index contributed by atoms with van der Waals surface area (Å²) in [5.74, 6) is 1.51. The van der Waals surface area contributed by atoms with Crippen LogP contribution in [0.1, 0.15) is 23.7 Å². The third kappa shape index (κ3) is 4.58. The predicted octanol–water partition coefficient (Wildman–Crippen LogP) is 4.49. The number of nitriles is 1. The van der Waals surface area contributed by atoms with Crippen molar-refractivity contribution in [1.29, 1.82) is 5.26 Å². The lowest BCUT2D eigenvalue weighted by Crippen LogP contribution is -2.30. The average Bonchev–Trinajstić information content (AvgIpc) is 3.62. The van der Waals surface area contributed by atoms with Crippen LogP contribution in [0.15, 0.2) is 36.0 Å². The molecule has 2 N–H and O–H groups in total. The van der Waals surface area contributed by atoms with Gasteiger partial charge in [0.25, 0.3) is 5.91 Å². The molecule has 1 aliphatic heterocycles. The number of aryl methyl sites for hydroxylation is 1. The Labute approximate surface area is 229 Å². The molecule has 38 heavy (non-hydrogen) atoms. The van der Waals surface area contributed by atoms with Crippen molar-refractivity contribution in [2.45, 2.75) is 19.3 Å². The second kappa shape index (κ2) is 10.3. The van der Waals surface area contributed by atoms with Crippen LogP contribution in [0.4, 0.5) is 5.82 Å². The first-order valence-electron chi connectivity index (χ1n) is 12.2. The van der Waals surface area contributed by atoms with Gasteiger partial charge in [0.2, 0.25) is 0 Å². The lowest BCUT2D eigenvalue weighted by Gasteiger charge is -2.16. The lowest BCUT2D eigenvalue weighted by atomic mass is 10.1. The maximum atomic E-state index is 13.1. The SMILES string of the molecule is COc1cc(C)cc2cc(-c3nc(C4CCN(C(=O)C(C#N)=CCN(C)C)C4)n4c(Cl)cnc(N)c34)sc12. The number of hydrogen-bond donors (Lipinski definition) is 1. The Bertz CT molecular complexity index is 1630. The number of imidazole rings is 1. The molecule has 0 spiro atoms. The van der Waals surface area contributed by atoms with E-state index in [1.54, 1.807) is 29.4 Å². The van der Waals surface area contributed by atoms with Crippen molar-refractivity contribution in [1.82, 2.24) is 24.2 Å². The fourth-order valence-electron chi connectivity index (χ4n) is 4.89. The Morgan fingerprint density at radius 1 is 1.39 bits per heavy atom. The summed E-state index contributed by atoms with van der Waals surface area (Å²) in [4.78, 5) is 27.0. The summed E-state index contributed by atoms with van der Waals surface area (Å²) in [7, 11) is 5.45. The molecule has 1 amide bonds. The number of ether oxygens (including phenoxy) is 1. The summed E-state index contributed by atoms with van der Waals surface area (Å²) < 4.78 is 8.50. The summed E-state index contributed by atoms with van der Waals surface area (Å²) in [5, 5.41) is 11.0. The molecular formula is C27H28ClN7O2S. The molecule has 11 heteroatoms. The highest BCUT2D eigenvalue weighted by molar-refractivity contribution is 7.22. The number of thiophene rings is 1. The summed E-state index contributed by atoms with van der Waals surface area (Å²) in [5.41, 5.74) is 8.97. The number of benzene rings is 1. The second-order valence-electron chi connectivity index (χ2n) is 9.69. The van der Waals surface area contributed by atoms with E-state index in [1.165, 1.54) is 6.20 Å². The first-order chi connectivity index (χ1) is 18.2. The van der Waals surface area contributed by atoms with Crippen molar-refractivity contribution in [3.8, 4) is 22.4 Å². The van der Waals surface area contributed by atoms with Gasteiger partial charge in [-0.1, -0.05) is 17.7 Å². The smallest absolute Gasteiger partial charge is 0.264 e. The quantitative estimate of drug-likeness (QED) is 0.278. The molecule has 4 heterocycles. The van der Waals surface area contributed by atoms with E-state index < -0.39 is 0 Å². The van der Waals surface area contributed by atoms with Crippen LogP contribution in [0.3, 0.4) is 0 Å². The minimum atomic E-state index is -0.266. The van der Waals surface area contributed by atoms with Crippen LogP contribution in [0, 0.1) is 18.3 Å². The van der Waals surface area contributed by atoms with Gasteiger partial charge in [-0.2, -0.15) is 5.26 Å². The number of methoxy groups -OCH3 is 1.